The minimum Gasteiger partial charge on any atom is -0.376 e. The van der Waals surface area contributed by atoms with Crippen LogP contribution in [0.5, 0.6) is 0 Å². The quantitative estimate of drug-likeness (QED) is 0.706. The van der Waals surface area contributed by atoms with Crippen LogP contribution in [0.25, 0.3) is 0 Å². The molecular weight excluding hydrogens is 192 g/mol. The highest BCUT2D eigenvalue weighted by molar-refractivity contribution is 5.78. The molecule has 2 rings (SSSR count). The van der Waals surface area contributed by atoms with E-state index >= 15 is 0 Å². The van der Waals surface area contributed by atoms with Gasteiger partial charge in [0.15, 0.2) is 0 Å². The fourth-order valence-electron chi connectivity index (χ4n) is 2.24. The Morgan fingerprint density at radius 3 is 3.00 bits per heavy atom. The molecule has 2 atom stereocenters. The molecule has 0 radical (unpaired) electrons. The fraction of sp³-hybridized carbons (Fsp3) is 0.909. The molecule has 4 heteroatoms. The van der Waals surface area contributed by atoms with Crippen molar-refractivity contribution in [3.8, 4) is 0 Å². The SMILES string of the molecule is O=C(NCC1CCCO1)C1CCCNC1. The van der Waals surface area contributed by atoms with Gasteiger partial charge < -0.3 is 15.4 Å². The molecule has 4 nitrogen and oxygen atoms in total. The predicted octanol–water partition coefficient (Wildman–Crippen LogP) is 0.281. The van der Waals surface area contributed by atoms with Gasteiger partial charge in [0, 0.05) is 19.7 Å². The fourth-order valence-corrected chi connectivity index (χ4v) is 2.24. The smallest absolute Gasteiger partial charge is 0.224 e. The molecule has 1 amide bonds. The highest BCUT2D eigenvalue weighted by Crippen LogP contribution is 2.12. The van der Waals surface area contributed by atoms with E-state index in [2.05, 4.69) is 10.6 Å². The van der Waals surface area contributed by atoms with E-state index in [0.717, 1.165) is 45.4 Å². The number of hydrogen-bond acceptors (Lipinski definition) is 3. The van der Waals surface area contributed by atoms with Crippen LogP contribution in [-0.2, 0) is 9.53 Å². The Labute approximate surface area is 90.8 Å². The number of piperidine rings is 1. The van der Waals surface area contributed by atoms with Gasteiger partial charge in [-0.05, 0) is 32.2 Å². The second-order valence-electron chi connectivity index (χ2n) is 4.42. The Morgan fingerprint density at radius 1 is 1.40 bits per heavy atom. The molecule has 0 aromatic carbocycles. The molecule has 2 fully saturated rings. The van der Waals surface area contributed by atoms with Gasteiger partial charge in [-0.2, -0.15) is 0 Å². The molecule has 2 unspecified atom stereocenters. The second kappa shape index (κ2) is 5.47. The molecule has 0 saturated carbocycles. The van der Waals surface area contributed by atoms with Crippen molar-refractivity contribution in [3.05, 3.63) is 0 Å². The maximum atomic E-state index is 11.7. The van der Waals surface area contributed by atoms with Gasteiger partial charge in [-0.3, -0.25) is 4.79 Å². The van der Waals surface area contributed by atoms with Crippen molar-refractivity contribution in [1.29, 1.82) is 0 Å². The minimum atomic E-state index is 0.167. The van der Waals surface area contributed by atoms with E-state index in [0.29, 0.717) is 6.54 Å². The van der Waals surface area contributed by atoms with Crippen LogP contribution in [0.4, 0.5) is 0 Å². The van der Waals surface area contributed by atoms with E-state index in [1.54, 1.807) is 0 Å². The van der Waals surface area contributed by atoms with Crippen LogP contribution in [0.3, 0.4) is 0 Å². The normalized spacial score (nSPS) is 31.5. The summed E-state index contributed by atoms with van der Waals surface area (Å²) in [5.74, 6) is 0.359. The van der Waals surface area contributed by atoms with Crippen molar-refractivity contribution in [1.82, 2.24) is 10.6 Å². The van der Waals surface area contributed by atoms with Gasteiger partial charge in [0.05, 0.1) is 12.0 Å². The first kappa shape index (κ1) is 10.9. The molecule has 2 N–H and O–H groups in total. The third-order valence-electron chi connectivity index (χ3n) is 3.20. The largest absolute Gasteiger partial charge is 0.376 e. The summed E-state index contributed by atoms with van der Waals surface area (Å²) in [4.78, 5) is 11.7. The zero-order valence-electron chi connectivity index (χ0n) is 9.13. The molecule has 0 bridgehead atoms. The average molecular weight is 212 g/mol. The lowest BCUT2D eigenvalue weighted by Gasteiger charge is -2.22. The van der Waals surface area contributed by atoms with E-state index in [4.69, 9.17) is 4.74 Å². The monoisotopic (exact) mass is 212 g/mol. The van der Waals surface area contributed by atoms with Crippen molar-refractivity contribution in [3.63, 3.8) is 0 Å². The standard InChI is InChI=1S/C11H20N2O2/c14-11(9-3-1-5-12-7-9)13-8-10-4-2-6-15-10/h9-10,12H,1-8H2,(H,13,14). The summed E-state index contributed by atoms with van der Waals surface area (Å²) in [6, 6.07) is 0. The molecule has 86 valence electrons. The Balaban J connectivity index is 1.66. The first-order chi connectivity index (χ1) is 7.36. The third-order valence-corrected chi connectivity index (χ3v) is 3.20. The molecule has 0 spiro atoms. The number of carbonyl (C=O) groups excluding carboxylic acids is 1. The number of nitrogens with one attached hydrogen (secondary N) is 2. The van der Waals surface area contributed by atoms with Gasteiger partial charge in [-0.1, -0.05) is 0 Å². The molecule has 0 aromatic rings. The van der Waals surface area contributed by atoms with Crippen molar-refractivity contribution >= 4 is 5.91 Å². The van der Waals surface area contributed by atoms with Crippen molar-refractivity contribution < 1.29 is 9.53 Å². The highest BCUT2D eigenvalue weighted by Gasteiger charge is 2.22. The van der Waals surface area contributed by atoms with E-state index < -0.39 is 0 Å². The summed E-state index contributed by atoms with van der Waals surface area (Å²) in [5, 5.41) is 6.24. The first-order valence-electron chi connectivity index (χ1n) is 5.96. The van der Waals surface area contributed by atoms with Gasteiger partial charge in [-0.15, -0.1) is 0 Å². The Hall–Kier alpha value is -0.610. The van der Waals surface area contributed by atoms with Crippen LogP contribution in [0, 0.1) is 5.92 Å². The van der Waals surface area contributed by atoms with Gasteiger partial charge in [0.25, 0.3) is 0 Å². The maximum Gasteiger partial charge on any atom is 0.224 e. The molecule has 2 saturated heterocycles. The van der Waals surface area contributed by atoms with Crippen molar-refractivity contribution in [2.24, 2.45) is 5.92 Å². The van der Waals surface area contributed by atoms with Crippen molar-refractivity contribution in [2.75, 3.05) is 26.2 Å². The summed E-state index contributed by atoms with van der Waals surface area (Å²) in [6.45, 7) is 3.42. The van der Waals surface area contributed by atoms with E-state index in [-0.39, 0.29) is 17.9 Å². The Kier molecular flexibility index (Phi) is 3.97. The maximum absolute atomic E-state index is 11.7. The first-order valence-corrected chi connectivity index (χ1v) is 5.96. The van der Waals surface area contributed by atoms with E-state index in [1.807, 2.05) is 0 Å². The molecule has 0 aliphatic carbocycles. The van der Waals surface area contributed by atoms with Crippen molar-refractivity contribution in [2.45, 2.75) is 31.8 Å². The van der Waals surface area contributed by atoms with Gasteiger partial charge in [0.2, 0.25) is 5.91 Å². The lowest BCUT2D eigenvalue weighted by Crippen LogP contribution is -2.42. The van der Waals surface area contributed by atoms with E-state index in [1.165, 1.54) is 0 Å². The molecule has 15 heavy (non-hydrogen) atoms. The summed E-state index contributed by atoms with van der Waals surface area (Å²) in [7, 11) is 0. The van der Waals surface area contributed by atoms with Gasteiger partial charge in [-0.25, -0.2) is 0 Å². The summed E-state index contributed by atoms with van der Waals surface area (Å²) < 4.78 is 5.46. The minimum absolute atomic E-state index is 0.167. The highest BCUT2D eigenvalue weighted by atomic mass is 16.5. The number of amides is 1. The van der Waals surface area contributed by atoms with Gasteiger partial charge >= 0.3 is 0 Å². The van der Waals surface area contributed by atoms with Gasteiger partial charge in [0.1, 0.15) is 0 Å². The topological polar surface area (TPSA) is 50.4 Å². The summed E-state index contributed by atoms with van der Waals surface area (Å²) in [5.41, 5.74) is 0. The van der Waals surface area contributed by atoms with Crippen LogP contribution in [0.15, 0.2) is 0 Å². The lowest BCUT2D eigenvalue weighted by molar-refractivity contribution is -0.126. The van der Waals surface area contributed by atoms with Crippen LogP contribution in [0.2, 0.25) is 0 Å². The summed E-state index contributed by atoms with van der Waals surface area (Å²) >= 11 is 0. The molecule has 2 heterocycles. The molecule has 0 aromatic heterocycles. The number of carbonyl (C=O) groups is 1. The van der Waals surface area contributed by atoms with Crippen LogP contribution in [-0.4, -0.2) is 38.3 Å². The second-order valence-corrected chi connectivity index (χ2v) is 4.42. The molecular formula is C11H20N2O2. The zero-order chi connectivity index (χ0) is 10.5. The number of rotatable bonds is 3. The Bertz CT molecular complexity index is 209. The zero-order valence-corrected chi connectivity index (χ0v) is 9.13. The van der Waals surface area contributed by atoms with Crippen LogP contribution in [0.1, 0.15) is 25.7 Å². The average Bonchev–Trinajstić information content (AvgIpc) is 2.80. The third kappa shape index (κ3) is 3.18. The molecule has 2 aliphatic heterocycles. The lowest BCUT2D eigenvalue weighted by atomic mass is 9.99. The summed E-state index contributed by atoms with van der Waals surface area (Å²) in [6.07, 6.45) is 4.60. The predicted molar refractivity (Wildman–Crippen MR) is 57.6 cm³/mol. The van der Waals surface area contributed by atoms with E-state index in [9.17, 15) is 4.79 Å². The Morgan fingerprint density at radius 2 is 2.33 bits per heavy atom. The van der Waals surface area contributed by atoms with Crippen LogP contribution < -0.4 is 10.6 Å². The number of ether oxygens (including phenoxy) is 1. The molecule has 2 aliphatic rings. The van der Waals surface area contributed by atoms with Crippen LogP contribution >= 0.6 is 0 Å². The number of hydrogen-bond donors (Lipinski definition) is 2.